The van der Waals surface area contributed by atoms with Crippen molar-refractivity contribution >= 4 is 27.7 Å². The van der Waals surface area contributed by atoms with Crippen molar-refractivity contribution < 1.29 is 14.0 Å². The van der Waals surface area contributed by atoms with Gasteiger partial charge in [0.25, 0.3) is 5.91 Å². The van der Waals surface area contributed by atoms with E-state index in [-0.39, 0.29) is 30.2 Å². The number of carbonyl (C=O) groups excluding carboxylic acids is 2. The van der Waals surface area contributed by atoms with Gasteiger partial charge in [-0.15, -0.1) is 0 Å². The van der Waals surface area contributed by atoms with Gasteiger partial charge in [-0.2, -0.15) is 0 Å². The Hall–Kier alpha value is -2.08. The number of benzene rings is 1. The lowest BCUT2D eigenvalue weighted by Crippen LogP contribution is -2.43. The standard InChI is InChI=1S/C18H19BrN2O3/c19-16-9-8-15(24-16)18(23)20-12-17(22)21-10-4-7-14(21)11-13-5-2-1-3-6-13/h1-3,5-6,8-9,14H,4,7,10-12H2,(H,20,23). The summed E-state index contributed by atoms with van der Waals surface area (Å²) in [5, 5.41) is 2.63. The van der Waals surface area contributed by atoms with E-state index in [4.69, 9.17) is 4.42 Å². The summed E-state index contributed by atoms with van der Waals surface area (Å²) in [6.07, 6.45) is 2.85. The summed E-state index contributed by atoms with van der Waals surface area (Å²) in [6.45, 7) is 0.737. The molecule has 126 valence electrons. The summed E-state index contributed by atoms with van der Waals surface area (Å²) in [4.78, 5) is 26.3. The Labute approximate surface area is 149 Å². The van der Waals surface area contributed by atoms with E-state index in [1.807, 2.05) is 23.1 Å². The summed E-state index contributed by atoms with van der Waals surface area (Å²) in [5.41, 5.74) is 1.23. The Morgan fingerprint density at radius 2 is 2.00 bits per heavy atom. The number of furan rings is 1. The van der Waals surface area contributed by atoms with Crippen molar-refractivity contribution in [2.24, 2.45) is 0 Å². The zero-order valence-electron chi connectivity index (χ0n) is 13.2. The Bertz CT molecular complexity index is 714. The van der Waals surface area contributed by atoms with Crippen LogP contribution in [0.5, 0.6) is 0 Å². The van der Waals surface area contributed by atoms with E-state index in [1.54, 1.807) is 12.1 Å². The molecule has 3 rings (SSSR count). The lowest BCUT2D eigenvalue weighted by molar-refractivity contribution is -0.130. The molecule has 2 aromatic rings. The fourth-order valence-corrected chi connectivity index (χ4v) is 3.35. The first-order valence-electron chi connectivity index (χ1n) is 8.00. The van der Waals surface area contributed by atoms with Crippen molar-refractivity contribution in [3.63, 3.8) is 0 Å². The molecule has 1 saturated heterocycles. The highest BCUT2D eigenvalue weighted by atomic mass is 79.9. The number of hydrogen-bond donors (Lipinski definition) is 1. The van der Waals surface area contributed by atoms with Crippen LogP contribution >= 0.6 is 15.9 Å². The van der Waals surface area contributed by atoms with Crippen molar-refractivity contribution in [1.82, 2.24) is 10.2 Å². The van der Waals surface area contributed by atoms with E-state index in [1.165, 1.54) is 5.56 Å². The first kappa shape index (κ1) is 16.8. The number of rotatable bonds is 5. The van der Waals surface area contributed by atoms with E-state index >= 15 is 0 Å². The van der Waals surface area contributed by atoms with Crippen LogP contribution in [0.1, 0.15) is 29.0 Å². The quantitative estimate of drug-likeness (QED) is 0.853. The maximum Gasteiger partial charge on any atom is 0.287 e. The lowest BCUT2D eigenvalue weighted by atomic mass is 10.0. The highest BCUT2D eigenvalue weighted by molar-refractivity contribution is 9.10. The molecule has 1 aromatic heterocycles. The zero-order valence-corrected chi connectivity index (χ0v) is 14.8. The number of amides is 2. The molecule has 1 aromatic carbocycles. The zero-order chi connectivity index (χ0) is 16.9. The summed E-state index contributed by atoms with van der Waals surface area (Å²) in [7, 11) is 0. The second-order valence-corrected chi connectivity index (χ2v) is 6.64. The molecule has 5 nitrogen and oxygen atoms in total. The molecule has 1 aliphatic heterocycles. The van der Waals surface area contributed by atoms with Crippen molar-refractivity contribution in [3.8, 4) is 0 Å². The summed E-state index contributed by atoms with van der Waals surface area (Å²) < 4.78 is 5.67. The third-order valence-electron chi connectivity index (χ3n) is 4.21. The van der Waals surface area contributed by atoms with E-state index in [9.17, 15) is 9.59 Å². The van der Waals surface area contributed by atoms with Crippen LogP contribution in [0.25, 0.3) is 0 Å². The molecule has 0 radical (unpaired) electrons. The number of likely N-dealkylation sites (tertiary alicyclic amines) is 1. The van der Waals surface area contributed by atoms with Gasteiger partial charge in [-0.3, -0.25) is 9.59 Å². The SMILES string of the molecule is O=C(NCC(=O)N1CCCC1Cc1ccccc1)c1ccc(Br)o1. The Morgan fingerprint density at radius 3 is 2.71 bits per heavy atom. The molecule has 1 aliphatic rings. The van der Waals surface area contributed by atoms with Gasteiger partial charge in [-0.1, -0.05) is 30.3 Å². The van der Waals surface area contributed by atoms with Crippen LogP contribution in [0, 0.1) is 0 Å². The van der Waals surface area contributed by atoms with Crippen LogP contribution in [-0.4, -0.2) is 35.8 Å². The summed E-state index contributed by atoms with van der Waals surface area (Å²) in [6, 6.07) is 13.6. The molecule has 1 atom stereocenters. The number of nitrogens with zero attached hydrogens (tertiary/aromatic N) is 1. The lowest BCUT2D eigenvalue weighted by Gasteiger charge is -2.25. The maximum atomic E-state index is 12.5. The van der Waals surface area contributed by atoms with E-state index in [0.717, 1.165) is 25.8 Å². The van der Waals surface area contributed by atoms with Crippen LogP contribution < -0.4 is 5.32 Å². The molecule has 1 N–H and O–H groups in total. The Balaban J connectivity index is 1.54. The van der Waals surface area contributed by atoms with Crippen molar-refractivity contribution in [3.05, 3.63) is 58.5 Å². The highest BCUT2D eigenvalue weighted by Gasteiger charge is 2.28. The molecule has 0 spiro atoms. The molecule has 2 amide bonds. The smallest absolute Gasteiger partial charge is 0.287 e. The average molecular weight is 391 g/mol. The molecule has 0 saturated carbocycles. The van der Waals surface area contributed by atoms with Crippen LogP contribution in [0.3, 0.4) is 0 Å². The monoisotopic (exact) mass is 390 g/mol. The van der Waals surface area contributed by atoms with Gasteiger partial charge in [-0.25, -0.2) is 0 Å². The topological polar surface area (TPSA) is 62.6 Å². The highest BCUT2D eigenvalue weighted by Crippen LogP contribution is 2.21. The largest absolute Gasteiger partial charge is 0.444 e. The van der Waals surface area contributed by atoms with Gasteiger partial charge in [0.15, 0.2) is 10.4 Å². The van der Waals surface area contributed by atoms with E-state index in [2.05, 4.69) is 33.4 Å². The maximum absolute atomic E-state index is 12.5. The van der Waals surface area contributed by atoms with Crippen molar-refractivity contribution in [2.45, 2.75) is 25.3 Å². The van der Waals surface area contributed by atoms with Gasteiger partial charge < -0.3 is 14.6 Å². The van der Waals surface area contributed by atoms with Crippen LogP contribution in [0.15, 0.2) is 51.6 Å². The molecular formula is C18H19BrN2O3. The third kappa shape index (κ3) is 4.06. The number of halogens is 1. The van der Waals surface area contributed by atoms with Crippen LogP contribution in [0.4, 0.5) is 0 Å². The van der Waals surface area contributed by atoms with Crippen LogP contribution in [-0.2, 0) is 11.2 Å². The molecular weight excluding hydrogens is 372 g/mol. The molecule has 1 fully saturated rings. The van der Waals surface area contributed by atoms with Crippen molar-refractivity contribution in [1.29, 1.82) is 0 Å². The fraction of sp³-hybridized carbons (Fsp3) is 0.333. The molecule has 0 bridgehead atoms. The Kier molecular flexibility index (Phi) is 5.35. The predicted octanol–water partition coefficient (Wildman–Crippen LogP) is 3.01. The van der Waals surface area contributed by atoms with Gasteiger partial charge >= 0.3 is 0 Å². The molecule has 0 aliphatic carbocycles. The Morgan fingerprint density at radius 1 is 1.21 bits per heavy atom. The second kappa shape index (κ2) is 7.66. The fourth-order valence-electron chi connectivity index (χ4n) is 3.04. The van der Waals surface area contributed by atoms with Crippen LogP contribution in [0.2, 0.25) is 0 Å². The van der Waals surface area contributed by atoms with Gasteiger partial charge in [0.2, 0.25) is 5.91 Å². The number of carbonyl (C=O) groups is 2. The van der Waals surface area contributed by atoms with Crippen molar-refractivity contribution in [2.75, 3.05) is 13.1 Å². The third-order valence-corrected chi connectivity index (χ3v) is 4.64. The predicted molar refractivity (Wildman–Crippen MR) is 93.6 cm³/mol. The number of hydrogen-bond acceptors (Lipinski definition) is 3. The first-order valence-corrected chi connectivity index (χ1v) is 8.80. The summed E-state index contributed by atoms with van der Waals surface area (Å²) >= 11 is 3.15. The number of nitrogens with one attached hydrogen (secondary N) is 1. The van der Waals surface area contributed by atoms with Gasteiger partial charge in [0, 0.05) is 12.6 Å². The van der Waals surface area contributed by atoms with Gasteiger partial charge in [0.05, 0.1) is 6.54 Å². The summed E-state index contributed by atoms with van der Waals surface area (Å²) in [5.74, 6) is -0.239. The minimum atomic E-state index is -0.382. The van der Waals surface area contributed by atoms with Gasteiger partial charge in [0.1, 0.15) is 0 Å². The van der Waals surface area contributed by atoms with Gasteiger partial charge in [-0.05, 0) is 52.9 Å². The average Bonchev–Trinajstić information content (AvgIpc) is 3.22. The molecule has 1 unspecified atom stereocenters. The van der Waals surface area contributed by atoms with E-state index in [0.29, 0.717) is 4.67 Å². The second-order valence-electron chi connectivity index (χ2n) is 5.86. The normalized spacial score (nSPS) is 17.0. The minimum absolute atomic E-state index is 0.0115. The molecule has 6 heteroatoms. The molecule has 2 heterocycles. The van der Waals surface area contributed by atoms with E-state index < -0.39 is 0 Å². The molecule has 24 heavy (non-hydrogen) atoms. The minimum Gasteiger partial charge on any atom is -0.444 e. The first-order chi connectivity index (χ1) is 11.6.